The number of rotatable bonds is 3. The van der Waals surface area contributed by atoms with Gasteiger partial charge in [0.15, 0.2) is 5.82 Å². The zero-order valence-electron chi connectivity index (χ0n) is 8.97. The van der Waals surface area contributed by atoms with Gasteiger partial charge in [-0.15, -0.1) is 0 Å². The molecule has 0 unspecified atom stereocenters. The number of hydrogen-bond donors (Lipinski definition) is 1. The van der Waals surface area contributed by atoms with Gasteiger partial charge in [-0.1, -0.05) is 6.07 Å². The van der Waals surface area contributed by atoms with Gasteiger partial charge >= 0.3 is 0 Å². The second-order valence-corrected chi connectivity index (χ2v) is 3.36. The van der Waals surface area contributed by atoms with Gasteiger partial charge in [0.25, 0.3) is 12.1 Å². The van der Waals surface area contributed by atoms with Crippen molar-refractivity contribution in [3.05, 3.63) is 44.5 Å². The maximum atomic E-state index is 11.7. The van der Waals surface area contributed by atoms with Crippen LogP contribution in [0.25, 0.3) is 10.9 Å². The average molecular weight is 235 g/mol. The van der Waals surface area contributed by atoms with Crippen LogP contribution in [-0.4, -0.2) is 22.0 Å². The van der Waals surface area contributed by atoms with Crippen LogP contribution in [0, 0.1) is 10.1 Å². The van der Waals surface area contributed by atoms with E-state index in [-0.39, 0.29) is 5.82 Å². The Morgan fingerprint density at radius 3 is 2.94 bits per heavy atom. The molecule has 0 saturated heterocycles. The molecule has 0 spiro atoms. The van der Waals surface area contributed by atoms with Crippen LogP contribution in [0.3, 0.4) is 0 Å². The topological polar surface area (TPSA) is 98.1 Å². The standard InChI is InChI=1S/C10H9N3O4/c1-17-7-4-2-3-6-9(7)11-8(5-13(15)16)12-10(6)14/h2-4H,5H2,1H3,(H,11,12,14). The number of hydrogen-bond acceptors (Lipinski definition) is 5. The molecule has 17 heavy (non-hydrogen) atoms. The number of H-pyrrole nitrogens is 1. The molecule has 0 radical (unpaired) electrons. The van der Waals surface area contributed by atoms with E-state index < -0.39 is 17.0 Å². The molecule has 88 valence electrons. The summed E-state index contributed by atoms with van der Waals surface area (Å²) in [5, 5.41) is 10.7. The highest BCUT2D eigenvalue weighted by atomic mass is 16.6. The van der Waals surface area contributed by atoms with Gasteiger partial charge in [-0.2, -0.15) is 0 Å². The smallest absolute Gasteiger partial charge is 0.260 e. The monoisotopic (exact) mass is 235 g/mol. The molecule has 2 rings (SSSR count). The number of aromatic nitrogens is 2. The van der Waals surface area contributed by atoms with Crippen molar-refractivity contribution in [3.63, 3.8) is 0 Å². The number of para-hydroxylation sites is 1. The predicted molar refractivity (Wildman–Crippen MR) is 59.6 cm³/mol. The summed E-state index contributed by atoms with van der Waals surface area (Å²) in [6, 6.07) is 4.88. The predicted octanol–water partition coefficient (Wildman–Crippen LogP) is 0.708. The molecule has 0 saturated carbocycles. The number of nitrogens with zero attached hydrogens (tertiary/aromatic N) is 2. The fourth-order valence-corrected chi connectivity index (χ4v) is 1.54. The lowest BCUT2D eigenvalue weighted by Crippen LogP contribution is -2.14. The van der Waals surface area contributed by atoms with Crippen LogP contribution in [0.4, 0.5) is 0 Å². The molecule has 1 heterocycles. The summed E-state index contributed by atoms with van der Waals surface area (Å²) >= 11 is 0. The highest BCUT2D eigenvalue weighted by molar-refractivity contribution is 5.83. The van der Waals surface area contributed by atoms with Crippen molar-refractivity contribution in [3.8, 4) is 5.75 Å². The van der Waals surface area contributed by atoms with E-state index in [1.54, 1.807) is 18.2 Å². The summed E-state index contributed by atoms with van der Waals surface area (Å²) in [5.41, 5.74) is -0.0821. The van der Waals surface area contributed by atoms with Crippen LogP contribution in [-0.2, 0) is 6.54 Å². The van der Waals surface area contributed by atoms with Crippen LogP contribution in [0.15, 0.2) is 23.0 Å². The van der Waals surface area contributed by atoms with Gasteiger partial charge in [0.05, 0.1) is 12.5 Å². The first-order valence-electron chi connectivity index (χ1n) is 4.79. The van der Waals surface area contributed by atoms with E-state index in [0.717, 1.165) is 0 Å². The summed E-state index contributed by atoms with van der Waals surface area (Å²) in [6.45, 7) is -0.525. The number of ether oxygens (including phenoxy) is 1. The van der Waals surface area contributed by atoms with Gasteiger partial charge in [0.1, 0.15) is 11.3 Å². The second-order valence-electron chi connectivity index (χ2n) is 3.36. The molecule has 0 atom stereocenters. The third-order valence-corrected chi connectivity index (χ3v) is 2.25. The molecule has 7 nitrogen and oxygen atoms in total. The minimum Gasteiger partial charge on any atom is -0.494 e. The lowest BCUT2D eigenvalue weighted by molar-refractivity contribution is -0.498. The van der Waals surface area contributed by atoms with E-state index in [2.05, 4.69) is 9.97 Å². The lowest BCUT2D eigenvalue weighted by atomic mass is 10.2. The summed E-state index contributed by atoms with van der Waals surface area (Å²) in [4.78, 5) is 27.9. The zero-order valence-corrected chi connectivity index (χ0v) is 8.97. The largest absolute Gasteiger partial charge is 0.494 e. The molecule has 0 bridgehead atoms. The number of benzene rings is 1. The molecular formula is C10H9N3O4. The van der Waals surface area contributed by atoms with Crippen LogP contribution in [0.1, 0.15) is 5.82 Å². The third-order valence-electron chi connectivity index (χ3n) is 2.25. The highest BCUT2D eigenvalue weighted by Crippen LogP contribution is 2.20. The number of methoxy groups -OCH3 is 1. The molecular weight excluding hydrogens is 226 g/mol. The van der Waals surface area contributed by atoms with Gasteiger partial charge in [0, 0.05) is 4.92 Å². The molecule has 0 aliphatic rings. The summed E-state index contributed by atoms with van der Waals surface area (Å²) < 4.78 is 5.06. The minimum atomic E-state index is -0.556. The number of fused-ring (bicyclic) bond motifs is 1. The average Bonchev–Trinajstić information content (AvgIpc) is 2.27. The van der Waals surface area contributed by atoms with Gasteiger partial charge in [-0.25, -0.2) is 4.98 Å². The van der Waals surface area contributed by atoms with Crippen molar-refractivity contribution >= 4 is 10.9 Å². The third kappa shape index (κ3) is 2.07. The highest BCUT2D eigenvalue weighted by Gasteiger charge is 2.11. The van der Waals surface area contributed by atoms with Crippen LogP contribution in [0.5, 0.6) is 5.75 Å². The maximum Gasteiger partial charge on any atom is 0.260 e. The van der Waals surface area contributed by atoms with E-state index in [1.807, 2.05) is 0 Å². The van der Waals surface area contributed by atoms with E-state index in [1.165, 1.54) is 7.11 Å². The van der Waals surface area contributed by atoms with E-state index in [4.69, 9.17) is 4.74 Å². The van der Waals surface area contributed by atoms with Crippen LogP contribution in [0.2, 0.25) is 0 Å². The maximum absolute atomic E-state index is 11.7. The van der Waals surface area contributed by atoms with Crippen molar-refractivity contribution in [1.29, 1.82) is 0 Å². The molecule has 0 amide bonds. The van der Waals surface area contributed by atoms with Gasteiger partial charge < -0.3 is 9.72 Å². The Balaban J connectivity index is 2.70. The van der Waals surface area contributed by atoms with Crippen LogP contribution >= 0.6 is 0 Å². The van der Waals surface area contributed by atoms with Crippen LogP contribution < -0.4 is 10.3 Å². The van der Waals surface area contributed by atoms with Crippen molar-refractivity contribution in [2.75, 3.05) is 7.11 Å². The SMILES string of the molecule is COc1cccc2c(=O)[nH]c(C[N+](=O)[O-])nc12. The van der Waals surface area contributed by atoms with E-state index in [0.29, 0.717) is 16.7 Å². The quantitative estimate of drug-likeness (QED) is 0.624. The summed E-state index contributed by atoms with van der Waals surface area (Å²) in [6.07, 6.45) is 0. The molecule has 7 heteroatoms. The number of aromatic amines is 1. The Labute approximate surface area is 95.2 Å². The van der Waals surface area contributed by atoms with Crippen molar-refractivity contribution in [2.45, 2.75) is 6.54 Å². The Morgan fingerprint density at radius 2 is 2.29 bits per heavy atom. The Morgan fingerprint density at radius 1 is 1.53 bits per heavy atom. The lowest BCUT2D eigenvalue weighted by Gasteiger charge is -2.04. The first kappa shape index (κ1) is 11.1. The van der Waals surface area contributed by atoms with Crippen molar-refractivity contribution in [1.82, 2.24) is 9.97 Å². The molecule has 1 aromatic carbocycles. The fraction of sp³-hybridized carbons (Fsp3) is 0.200. The number of nitrogens with one attached hydrogen (secondary N) is 1. The normalized spacial score (nSPS) is 10.4. The van der Waals surface area contributed by atoms with Gasteiger partial charge in [-0.05, 0) is 12.1 Å². The molecule has 0 fully saturated rings. The van der Waals surface area contributed by atoms with Gasteiger partial charge in [-0.3, -0.25) is 14.9 Å². The van der Waals surface area contributed by atoms with Gasteiger partial charge in [0.2, 0.25) is 0 Å². The minimum absolute atomic E-state index is 0.0111. The van der Waals surface area contributed by atoms with Crippen molar-refractivity contribution in [2.24, 2.45) is 0 Å². The Hall–Kier alpha value is -2.44. The second kappa shape index (κ2) is 4.20. The first-order chi connectivity index (χ1) is 8.11. The molecule has 1 aromatic heterocycles. The van der Waals surface area contributed by atoms with E-state index in [9.17, 15) is 14.9 Å². The Bertz CT molecular complexity index is 635. The van der Waals surface area contributed by atoms with Crippen molar-refractivity contribution < 1.29 is 9.66 Å². The molecule has 2 aromatic rings. The first-order valence-corrected chi connectivity index (χ1v) is 4.79. The summed E-state index contributed by atoms with van der Waals surface area (Å²) in [5.74, 6) is 0.426. The summed E-state index contributed by atoms with van der Waals surface area (Å²) in [7, 11) is 1.45. The zero-order chi connectivity index (χ0) is 12.4. The van der Waals surface area contributed by atoms with E-state index >= 15 is 0 Å². The molecule has 1 N–H and O–H groups in total. The molecule has 0 aliphatic heterocycles. The fourth-order valence-electron chi connectivity index (χ4n) is 1.54. The molecule has 0 aliphatic carbocycles. The Kier molecular flexibility index (Phi) is 2.73. The number of nitro groups is 1.